The lowest BCUT2D eigenvalue weighted by atomic mass is 9.94. The first-order valence-corrected chi connectivity index (χ1v) is 13.7. The number of ether oxygens (including phenoxy) is 1. The lowest BCUT2D eigenvalue weighted by Crippen LogP contribution is -2.37. The summed E-state index contributed by atoms with van der Waals surface area (Å²) < 4.78 is 36.7. The van der Waals surface area contributed by atoms with Crippen molar-refractivity contribution in [3.05, 3.63) is 53.7 Å². The molecule has 6 rings (SSSR count). The summed E-state index contributed by atoms with van der Waals surface area (Å²) in [7, 11) is 0. The molecule has 11 heteroatoms. The number of anilines is 1. The molecular formula is C26H30N6O4S. The number of rotatable bonds is 7. The number of hydrogen-bond acceptors (Lipinski definition) is 7. The van der Waals surface area contributed by atoms with E-state index in [1.807, 2.05) is 38.2 Å². The summed E-state index contributed by atoms with van der Waals surface area (Å²) in [5, 5.41) is 4.16. The van der Waals surface area contributed by atoms with Gasteiger partial charge in [-0.25, -0.2) is 13.9 Å². The minimum Gasteiger partial charge on any atom is -0.488 e. The van der Waals surface area contributed by atoms with E-state index >= 15 is 0 Å². The van der Waals surface area contributed by atoms with E-state index in [-0.39, 0.29) is 6.04 Å². The van der Waals surface area contributed by atoms with Crippen molar-refractivity contribution < 1.29 is 18.0 Å². The van der Waals surface area contributed by atoms with Gasteiger partial charge in [0.15, 0.2) is 5.75 Å². The number of piperidine rings is 1. The third-order valence-corrected chi connectivity index (χ3v) is 7.94. The highest BCUT2D eigenvalue weighted by molar-refractivity contribution is 7.77. The van der Waals surface area contributed by atoms with E-state index in [0.29, 0.717) is 19.1 Å². The van der Waals surface area contributed by atoms with E-state index in [9.17, 15) is 4.21 Å². The quantitative estimate of drug-likeness (QED) is 0.350. The summed E-state index contributed by atoms with van der Waals surface area (Å²) in [4.78, 5) is 12.1. The van der Waals surface area contributed by atoms with Crippen LogP contribution in [0.1, 0.15) is 42.5 Å². The summed E-state index contributed by atoms with van der Waals surface area (Å²) in [6.45, 7) is 6.61. The number of pyridine rings is 1. The van der Waals surface area contributed by atoms with Gasteiger partial charge >= 0.3 is 0 Å². The average molecular weight is 523 g/mol. The Bertz CT molecular complexity index is 1430. The highest BCUT2D eigenvalue weighted by Gasteiger charge is 2.34. The van der Waals surface area contributed by atoms with E-state index in [4.69, 9.17) is 18.8 Å². The van der Waals surface area contributed by atoms with Crippen molar-refractivity contribution in [2.75, 3.05) is 31.1 Å². The molecule has 37 heavy (non-hydrogen) atoms. The van der Waals surface area contributed by atoms with Gasteiger partial charge in [-0.2, -0.15) is 0 Å². The van der Waals surface area contributed by atoms with Gasteiger partial charge < -0.3 is 14.2 Å². The van der Waals surface area contributed by atoms with Crippen molar-refractivity contribution in [3.63, 3.8) is 0 Å². The lowest BCUT2D eigenvalue weighted by Gasteiger charge is -2.35. The molecule has 10 nitrogen and oxygen atoms in total. The van der Waals surface area contributed by atoms with E-state index in [0.717, 1.165) is 83.4 Å². The first-order valence-electron chi connectivity index (χ1n) is 12.6. The predicted molar refractivity (Wildman–Crippen MR) is 141 cm³/mol. The second-order valence-corrected chi connectivity index (χ2v) is 10.5. The minimum atomic E-state index is -1.96. The molecule has 2 aliphatic heterocycles. The number of aromatic nitrogens is 4. The molecule has 3 aromatic heterocycles. The van der Waals surface area contributed by atoms with Gasteiger partial charge in [0.1, 0.15) is 23.9 Å². The number of aryl methyl sites for hydroxylation is 2. The number of imidazole rings is 1. The molecule has 2 atom stereocenters. The SMILES string of the molecule is Cc1noc(C)c1-c1ccc2nc(N3CCC(CCNS(=O)O)CC3)n3c2c1OC[C@@H]3c1ccccn1. The monoisotopic (exact) mass is 522 g/mol. The van der Waals surface area contributed by atoms with Crippen LogP contribution in [0.5, 0.6) is 5.75 Å². The first kappa shape index (κ1) is 24.1. The fourth-order valence-electron chi connectivity index (χ4n) is 5.67. The lowest BCUT2D eigenvalue weighted by molar-refractivity contribution is 0.257. The minimum absolute atomic E-state index is 0.102. The van der Waals surface area contributed by atoms with Gasteiger partial charge in [0.25, 0.3) is 0 Å². The fraction of sp³-hybridized carbons (Fsp3) is 0.423. The van der Waals surface area contributed by atoms with Crippen LogP contribution in [-0.4, -0.2) is 54.7 Å². The summed E-state index contributed by atoms with van der Waals surface area (Å²) >= 11 is -1.96. The highest BCUT2D eigenvalue weighted by Crippen LogP contribution is 2.46. The topological polar surface area (TPSA) is 119 Å². The maximum absolute atomic E-state index is 10.9. The van der Waals surface area contributed by atoms with Gasteiger partial charge in [0.05, 0.1) is 22.5 Å². The van der Waals surface area contributed by atoms with Gasteiger partial charge in [-0.15, -0.1) is 0 Å². The molecule has 1 saturated heterocycles. The predicted octanol–water partition coefficient (Wildman–Crippen LogP) is 4.02. The molecule has 0 radical (unpaired) electrons. The summed E-state index contributed by atoms with van der Waals surface area (Å²) in [5.74, 6) is 3.00. The maximum atomic E-state index is 10.9. The van der Waals surface area contributed by atoms with Crippen molar-refractivity contribution in [1.29, 1.82) is 0 Å². The standard InChI is InChI=1S/C26H30N6O4S/c1-16-23(17(2)36-30-16)19-6-7-21-24-25(19)35-15-22(20-5-3-4-11-27-20)32(24)26(29-21)31-13-9-18(10-14-31)8-12-28-37(33)34/h3-7,11,18,22,28H,8-10,12-15H2,1-2H3,(H,33,34)/t22-/m1/s1. The fourth-order valence-corrected chi connectivity index (χ4v) is 5.97. The van der Waals surface area contributed by atoms with Crippen LogP contribution in [0.2, 0.25) is 0 Å². The van der Waals surface area contributed by atoms with Gasteiger partial charge in [-0.3, -0.25) is 14.1 Å². The molecule has 0 amide bonds. The molecule has 194 valence electrons. The number of benzene rings is 1. The molecule has 1 aromatic carbocycles. The van der Waals surface area contributed by atoms with Gasteiger partial charge in [-0.1, -0.05) is 11.2 Å². The molecule has 5 heterocycles. The summed E-state index contributed by atoms with van der Waals surface area (Å²) in [6.07, 6.45) is 4.71. The zero-order valence-corrected chi connectivity index (χ0v) is 21.7. The zero-order chi connectivity index (χ0) is 25.5. The molecule has 0 saturated carbocycles. The summed E-state index contributed by atoms with van der Waals surface area (Å²) in [6, 6.07) is 9.97. The van der Waals surface area contributed by atoms with Crippen LogP contribution in [0.25, 0.3) is 22.2 Å². The van der Waals surface area contributed by atoms with Crippen LogP contribution in [-0.2, 0) is 11.3 Å². The number of hydrogen-bond donors (Lipinski definition) is 2. The van der Waals surface area contributed by atoms with Gasteiger partial charge in [0.2, 0.25) is 17.2 Å². The van der Waals surface area contributed by atoms with Crippen molar-refractivity contribution >= 4 is 28.2 Å². The van der Waals surface area contributed by atoms with Gasteiger partial charge in [0, 0.05) is 31.4 Å². The molecule has 2 N–H and O–H groups in total. The van der Waals surface area contributed by atoms with Crippen LogP contribution in [0.15, 0.2) is 41.1 Å². The first-order chi connectivity index (χ1) is 18.0. The van der Waals surface area contributed by atoms with Crippen LogP contribution in [0.4, 0.5) is 5.95 Å². The third-order valence-electron chi connectivity index (χ3n) is 7.49. The van der Waals surface area contributed by atoms with E-state index in [2.05, 4.69) is 36.5 Å². The molecule has 1 unspecified atom stereocenters. The van der Waals surface area contributed by atoms with Gasteiger partial charge in [-0.05, 0) is 63.3 Å². The number of nitrogens with one attached hydrogen (secondary N) is 1. The average Bonchev–Trinajstić information content (AvgIpc) is 3.46. The molecular weight excluding hydrogens is 492 g/mol. The van der Waals surface area contributed by atoms with E-state index < -0.39 is 11.3 Å². The molecule has 0 spiro atoms. The second-order valence-electron chi connectivity index (χ2n) is 9.73. The van der Waals surface area contributed by atoms with Crippen molar-refractivity contribution in [2.45, 2.75) is 39.2 Å². The molecule has 0 bridgehead atoms. The largest absolute Gasteiger partial charge is 0.488 e. The Labute approximate surface area is 217 Å². The van der Waals surface area contributed by atoms with Crippen molar-refractivity contribution in [2.24, 2.45) is 5.92 Å². The Morgan fingerprint density at radius 2 is 2.03 bits per heavy atom. The Hall–Kier alpha value is -3.28. The maximum Gasteiger partial charge on any atom is 0.231 e. The van der Waals surface area contributed by atoms with Crippen LogP contribution >= 0.6 is 0 Å². The van der Waals surface area contributed by atoms with Crippen molar-refractivity contribution in [3.8, 4) is 16.9 Å². The summed E-state index contributed by atoms with van der Waals surface area (Å²) in [5.41, 5.74) is 5.54. The second kappa shape index (κ2) is 9.88. The normalized spacial score (nSPS) is 18.8. The third kappa shape index (κ3) is 4.41. The Morgan fingerprint density at radius 1 is 1.19 bits per heavy atom. The van der Waals surface area contributed by atoms with Crippen molar-refractivity contribution in [1.82, 2.24) is 24.4 Å². The molecule has 2 aliphatic rings. The molecule has 4 aromatic rings. The Kier molecular flexibility index (Phi) is 6.43. The number of nitrogens with zero attached hydrogens (tertiary/aromatic N) is 5. The highest BCUT2D eigenvalue weighted by atomic mass is 32.2. The van der Waals surface area contributed by atoms with Crippen LogP contribution < -0.4 is 14.4 Å². The van der Waals surface area contributed by atoms with Crippen LogP contribution in [0, 0.1) is 19.8 Å². The molecule has 0 aliphatic carbocycles. The van der Waals surface area contributed by atoms with E-state index in [1.54, 1.807) is 0 Å². The zero-order valence-electron chi connectivity index (χ0n) is 20.9. The smallest absolute Gasteiger partial charge is 0.231 e. The van der Waals surface area contributed by atoms with Crippen LogP contribution in [0.3, 0.4) is 0 Å². The van der Waals surface area contributed by atoms with E-state index in [1.165, 1.54) is 0 Å². The Balaban J connectivity index is 1.40. The molecule has 1 fully saturated rings. The Morgan fingerprint density at radius 3 is 2.73 bits per heavy atom.